The quantitative estimate of drug-likeness (QED) is 0.829. The van der Waals surface area contributed by atoms with Gasteiger partial charge < -0.3 is 4.90 Å². The van der Waals surface area contributed by atoms with Crippen LogP contribution in [-0.2, 0) is 6.54 Å². The van der Waals surface area contributed by atoms with Gasteiger partial charge in [-0.2, -0.15) is 0 Å². The molecule has 0 saturated carbocycles. The predicted molar refractivity (Wildman–Crippen MR) is 84.6 cm³/mol. The maximum absolute atomic E-state index is 12.7. The molecule has 0 radical (unpaired) electrons. The summed E-state index contributed by atoms with van der Waals surface area (Å²) >= 11 is 12.0. The molecule has 2 aromatic rings. The molecule has 114 valence electrons. The Hall–Kier alpha value is -1.85. The van der Waals surface area contributed by atoms with Gasteiger partial charge in [0.05, 0.1) is 28.8 Å². The van der Waals surface area contributed by atoms with Crippen molar-refractivity contribution >= 4 is 40.7 Å². The van der Waals surface area contributed by atoms with Crippen molar-refractivity contribution < 1.29 is 9.18 Å². The molecule has 1 aromatic heterocycles. The summed E-state index contributed by atoms with van der Waals surface area (Å²) in [6, 6.07) is 8.22. The first-order chi connectivity index (χ1) is 10.6. The van der Waals surface area contributed by atoms with Crippen LogP contribution in [0.3, 0.4) is 0 Å². The van der Waals surface area contributed by atoms with Gasteiger partial charge in [0.1, 0.15) is 12.5 Å². The predicted octanol–water partition coefficient (Wildman–Crippen LogP) is 4.43. The molecule has 7 heteroatoms. The maximum Gasteiger partial charge on any atom is 0.330 e. The maximum atomic E-state index is 12.7. The van der Waals surface area contributed by atoms with Gasteiger partial charge in [0.15, 0.2) is 0 Å². The number of rotatable bonds is 3. The molecular weight excluding hydrogens is 328 g/mol. The summed E-state index contributed by atoms with van der Waals surface area (Å²) in [7, 11) is 0. The molecule has 0 aliphatic carbocycles. The summed E-state index contributed by atoms with van der Waals surface area (Å²) in [5.74, 6) is 0.529. The topological polar surface area (TPSA) is 36.4 Å². The van der Waals surface area contributed by atoms with Crippen molar-refractivity contribution in [3.8, 4) is 0 Å². The largest absolute Gasteiger partial charge is 0.330 e. The molecule has 2 amide bonds. The second-order valence-corrected chi connectivity index (χ2v) is 5.63. The fourth-order valence-corrected chi connectivity index (χ4v) is 2.69. The van der Waals surface area contributed by atoms with Gasteiger partial charge in [0, 0.05) is 11.8 Å². The summed E-state index contributed by atoms with van der Waals surface area (Å²) in [5, 5.41) is 0.740. The lowest BCUT2D eigenvalue weighted by Crippen LogP contribution is -2.46. The first-order valence-electron chi connectivity index (χ1n) is 6.65. The Labute approximate surface area is 137 Å². The molecular formula is C15H12Cl2FN3O. The number of carbonyl (C=O) groups excluding carboxylic acids is 1. The van der Waals surface area contributed by atoms with Gasteiger partial charge in [-0.3, -0.25) is 0 Å². The number of benzene rings is 1. The average molecular weight is 340 g/mol. The normalized spacial score (nSPS) is 14.2. The second-order valence-electron chi connectivity index (χ2n) is 4.81. The molecule has 2 heterocycles. The van der Waals surface area contributed by atoms with Crippen LogP contribution in [0.2, 0.25) is 10.0 Å². The van der Waals surface area contributed by atoms with Gasteiger partial charge in [-0.15, -0.1) is 0 Å². The fraction of sp³-hybridized carbons (Fsp3) is 0.200. The minimum Gasteiger partial charge on any atom is -0.317 e. The molecule has 0 bridgehead atoms. The lowest BCUT2D eigenvalue weighted by atomic mass is 10.1. The number of hydrogen-bond donors (Lipinski definition) is 0. The van der Waals surface area contributed by atoms with Crippen molar-refractivity contribution in [2.24, 2.45) is 0 Å². The molecule has 0 saturated heterocycles. The minimum atomic E-state index is -0.601. The third-order valence-electron chi connectivity index (χ3n) is 3.42. The smallest absolute Gasteiger partial charge is 0.317 e. The van der Waals surface area contributed by atoms with Crippen molar-refractivity contribution in [1.82, 2.24) is 9.88 Å². The van der Waals surface area contributed by atoms with Crippen molar-refractivity contribution in [3.63, 3.8) is 0 Å². The first-order valence-corrected chi connectivity index (χ1v) is 7.41. The van der Waals surface area contributed by atoms with E-state index in [0.717, 1.165) is 5.56 Å². The van der Waals surface area contributed by atoms with E-state index in [9.17, 15) is 9.18 Å². The zero-order valence-electron chi connectivity index (χ0n) is 11.5. The molecule has 0 unspecified atom stereocenters. The van der Waals surface area contributed by atoms with Crippen LogP contribution in [0.4, 0.5) is 20.7 Å². The number of hydrogen-bond acceptors (Lipinski definition) is 2. The average Bonchev–Trinajstić information content (AvgIpc) is 2.51. The standard InChI is InChI=1S/C15H12Cl2FN3O/c16-12-4-3-11(8-13(12)17)21-14-10(2-1-6-19-14)9-20(7-5-18)15(21)22/h1-4,6,8H,5,7,9H2. The van der Waals surface area contributed by atoms with Gasteiger partial charge in [0.25, 0.3) is 0 Å². The summed E-state index contributed by atoms with van der Waals surface area (Å²) in [4.78, 5) is 19.8. The number of nitrogens with zero attached hydrogens (tertiary/aromatic N) is 3. The number of pyridine rings is 1. The van der Waals surface area contributed by atoms with Gasteiger partial charge >= 0.3 is 6.03 Å². The molecule has 0 fully saturated rings. The highest BCUT2D eigenvalue weighted by atomic mass is 35.5. The Bertz CT molecular complexity index is 726. The van der Waals surface area contributed by atoms with E-state index in [0.29, 0.717) is 28.1 Å². The zero-order valence-corrected chi connectivity index (χ0v) is 13.0. The lowest BCUT2D eigenvalue weighted by molar-refractivity contribution is 0.195. The molecule has 4 nitrogen and oxygen atoms in total. The van der Waals surface area contributed by atoms with E-state index in [1.165, 1.54) is 9.80 Å². The number of alkyl halides is 1. The highest BCUT2D eigenvalue weighted by molar-refractivity contribution is 6.42. The van der Waals surface area contributed by atoms with Gasteiger partial charge in [-0.25, -0.2) is 19.1 Å². The van der Waals surface area contributed by atoms with Crippen molar-refractivity contribution in [3.05, 3.63) is 52.1 Å². The van der Waals surface area contributed by atoms with Crippen LogP contribution in [0.5, 0.6) is 0 Å². The molecule has 1 aromatic carbocycles. The van der Waals surface area contributed by atoms with Gasteiger partial charge in [0.2, 0.25) is 0 Å². The Morgan fingerprint density at radius 3 is 2.77 bits per heavy atom. The van der Waals surface area contributed by atoms with Crippen LogP contribution < -0.4 is 4.90 Å². The molecule has 0 N–H and O–H groups in total. The Morgan fingerprint density at radius 1 is 1.23 bits per heavy atom. The number of aromatic nitrogens is 1. The highest BCUT2D eigenvalue weighted by Gasteiger charge is 2.32. The SMILES string of the molecule is O=C1N(CCF)Cc2cccnc2N1c1ccc(Cl)c(Cl)c1. The van der Waals surface area contributed by atoms with Gasteiger partial charge in [-0.05, 0) is 24.3 Å². The van der Waals surface area contributed by atoms with E-state index in [1.807, 2.05) is 6.07 Å². The summed E-state index contributed by atoms with van der Waals surface area (Å²) in [5.41, 5.74) is 1.39. The van der Waals surface area contributed by atoms with Crippen molar-refractivity contribution in [2.45, 2.75) is 6.54 Å². The zero-order chi connectivity index (χ0) is 15.7. The van der Waals surface area contributed by atoms with Gasteiger partial charge in [-0.1, -0.05) is 29.3 Å². The third-order valence-corrected chi connectivity index (χ3v) is 4.16. The minimum absolute atomic E-state index is 0.0327. The number of fused-ring (bicyclic) bond motifs is 1. The van der Waals surface area contributed by atoms with E-state index in [2.05, 4.69) is 4.98 Å². The molecule has 1 aliphatic heterocycles. The van der Waals surface area contributed by atoms with Crippen LogP contribution >= 0.6 is 23.2 Å². The Balaban J connectivity index is 2.10. The second kappa shape index (κ2) is 6.10. The summed E-state index contributed by atoms with van der Waals surface area (Å²) in [6.07, 6.45) is 1.61. The van der Waals surface area contributed by atoms with Crippen LogP contribution in [0.15, 0.2) is 36.5 Å². The van der Waals surface area contributed by atoms with E-state index in [-0.39, 0.29) is 12.6 Å². The lowest BCUT2D eigenvalue weighted by Gasteiger charge is -2.35. The number of amides is 2. The highest BCUT2D eigenvalue weighted by Crippen LogP contribution is 2.35. The van der Waals surface area contributed by atoms with Crippen molar-refractivity contribution in [1.29, 1.82) is 0 Å². The molecule has 3 rings (SSSR count). The van der Waals surface area contributed by atoms with Crippen LogP contribution in [0.1, 0.15) is 5.56 Å². The monoisotopic (exact) mass is 339 g/mol. The molecule has 0 spiro atoms. The molecule has 1 aliphatic rings. The van der Waals surface area contributed by atoms with Crippen LogP contribution in [0.25, 0.3) is 0 Å². The molecule has 0 atom stereocenters. The van der Waals surface area contributed by atoms with Crippen molar-refractivity contribution in [2.75, 3.05) is 18.1 Å². The summed E-state index contributed by atoms with van der Waals surface area (Å²) < 4.78 is 12.7. The number of anilines is 2. The van der Waals surface area contributed by atoms with Crippen LogP contribution in [-0.4, -0.2) is 29.1 Å². The molecule has 22 heavy (non-hydrogen) atoms. The number of carbonyl (C=O) groups is 1. The first kappa shape index (κ1) is 15.1. The van der Waals surface area contributed by atoms with E-state index < -0.39 is 6.67 Å². The van der Waals surface area contributed by atoms with E-state index in [4.69, 9.17) is 23.2 Å². The summed E-state index contributed by atoms with van der Waals surface area (Å²) in [6.45, 7) is -0.231. The van der Waals surface area contributed by atoms with E-state index in [1.54, 1.807) is 30.5 Å². The number of halogens is 3. The van der Waals surface area contributed by atoms with Crippen LogP contribution in [0, 0.1) is 0 Å². The van der Waals surface area contributed by atoms with E-state index >= 15 is 0 Å². The fourth-order valence-electron chi connectivity index (χ4n) is 2.39. The number of urea groups is 1. The Kier molecular flexibility index (Phi) is 4.18. The Morgan fingerprint density at radius 2 is 2.05 bits per heavy atom. The third kappa shape index (κ3) is 2.62.